The van der Waals surface area contributed by atoms with Crippen LogP contribution in [0.3, 0.4) is 0 Å². The monoisotopic (exact) mass is 310 g/mol. The molecule has 2 rings (SSSR count). The Morgan fingerprint density at radius 3 is 2.76 bits per heavy atom. The number of hydrogen-bond acceptors (Lipinski definition) is 4. The number of rotatable bonds is 3. The topological polar surface area (TPSA) is 95.7 Å². The lowest BCUT2D eigenvalue weighted by Crippen LogP contribution is -2.54. The first-order chi connectivity index (χ1) is 9.88. The lowest BCUT2D eigenvalue weighted by molar-refractivity contribution is -0.155. The van der Waals surface area contributed by atoms with E-state index < -0.39 is 17.7 Å². The number of halogens is 1. The van der Waals surface area contributed by atoms with E-state index >= 15 is 0 Å². The van der Waals surface area contributed by atoms with E-state index in [2.05, 4.69) is 5.32 Å². The summed E-state index contributed by atoms with van der Waals surface area (Å²) in [4.78, 5) is 37.8. The Morgan fingerprint density at radius 1 is 1.33 bits per heavy atom. The van der Waals surface area contributed by atoms with Crippen LogP contribution < -0.4 is 11.1 Å². The van der Waals surface area contributed by atoms with Gasteiger partial charge < -0.3 is 20.9 Å². The summed E-state index contributed by atoms with van der Waals surface area (Å²) in [6.07, 6.45) is 0. The Hall–Kier alpha value is -2.28. The van der Waals surface area contributed by atoms with Crippen LogP contribution in [-0.2, 0) is 14.4 Å². The third kappa shape index (κ3) is 3.43. The largest absolute Gasteiger partial charge is 0.397 e. The Balaban J connectivity index is 2.00. The molecule has 8 heteroatoms. The summed E-state index contributed by atoms with van der Waals surface area (Å²) in [5.74, 6) is -1.73. The maximum Gasteiger partial charge on any atom is 0.312 e. The summed E-state index contributed by atoms with van der Waals surface area (Å²) in [5, 5.41) is 3.01. The van der Waals surface area contributed by atoms with Crippen LogP contribution >= 0.6 is 11.6 Å². The summed E-state index contributed by atoms with van der Waals surface area (Å²) >= 11 is 5.83. The Bertz CT molecular complexity index is 605. The number of amides is 3. The Morgan fingerprint density at radius 2 is 2.05 bits per heavy atom. The lowest BCUT2D eigenvalue weighted by atomic mass is 10.2. The molecule has 0 atom stereocenters. The van der Waals surface area contributed by atoms with E-state index in [0.717, 1.165) is 0 Å². The summed E-state index contributed by atoms with van der Waals surface area (Å²) in [6, 6.07) is 4.70. The van der Waals surface area contributed by atoms with Gasteiger partial charge in [0.1, 0.15) is 6.54 Å². The number of nitrogen functional groups attached to an aromatic ring is 1. The van der Waals surface area contributed by atoms with Crippen molar-refractivity contribution >= 4 is 40.7 Å². The van der Waals surface area contributed by atoms with Gasteiger partial charge in [-0.25, -0.2) is 0 Å². The minimum Gasteiger partial charge on any atom is -0.397 e. The van der Waals surface area contributed by atoms with E-state index in [1.807, 2.05) is 0 Å². The molecule has 1 heterocycles. The molecule has 1 aromatic rings. The zero-order valence-electron chi connectivity index (χ0n) is 11.4. The second kappa shape index (κ2) is 6.01. The zero-order chi connectivity index (χ0) is 15.6. The van der Waals surface area contributed by atoms with Crippen molar-refractivity contribution < 1.29 is 14.4 Å². The van der Waals surface area contributed by atoms with Crippen molar-refractivity contribution in [2.75, 3.05) is 37.7 Å². The molecule has 0 saturated carbocycles. The van der Waals surface area contributed by atoms with E-state index in [4.69, 9.17) is 17.3 Å². The van der Waals surface area contributed by atoms with Crippen LogP contribution in [-0.4, -0.2) is 54.2 Å². The van der Waals surface area contributed by atoms with Gasteiger partial charge in [-0.1, -0.05) is 11.6 Å². The Labute approximate surface area is 126 Å². The van der Waals surface area contributed by atoms with Gasteiger partial charge >= 0.3 is 11.8 Å². The smallest absolute Gasteiger partial charge is 0.312 e. The third-order valence-corrected chi connectivity index (χ3v) is 3.38. The molecule has 21 heavy (non-hydrogen) atoms. The molecule has 0 radical (unpaired) electrons. The predicted octanol–water partition coefficient (Wildman–Crippen LogP) is 0.161. The summed E-state index contributed by atoms with van der Waals surface area (Å²) < 4.78 is 0. The van der Waals surface area contributed by atoms with Crippen LogP contribution in [0.25, 0.3) is 0 Å². The van der Waals surface area contributed by atoms with Gasteiger partial charge in [-0.15, -0.1) is 0 Å². The predicted molar refractivity (Wildman–Crippen MR) is 78.7 cm³/mol. The summed E-state index contributed by atoms with van der Waals surface area (Å²) in [5.41, 5.74) is 6.47. The van der Waals surface area contributed by atoms with Gasteiger partial charge in [0.05, 0.1) is 11.4 Å². The molecule has 7 nitrogen and oxygen atoms in total. The molecule has 1 aliphatic heterocycles. The molecule has 0 aliphatic carbocycles. The number of piperazine rings is 1. The molecule has 0 aromatic heterocycles. The first-order valence-electron chi connectivity index (χ1n) is 6.27. The van der Waals surface area contributed by atoms with E-state index in [-0.39, 0.29) is 6.54 Å². The zero-order valence-corrected chi connectivity index (χ0v) is 12.2. The summed E-state index contributed by atoms with van der Waals surface area (Å²) in [7, 11) is 1.55. The lowest BCUT2D eigenvalue weighted by Gasteiger charge is -2.30. The molecule has 1 saturated heterocycles. The number of likely N-dealkylation sites (N-methyl/N-ethyl adjacent to an activating group) is 1. The highest BCUT2D eigenvalue weighted by Gasteiger charge is 2.31. The summed E-state index contributed by atoms with van der Waals surface area (Å²) in [6.45, 7) is 0.515. The molecule has 3 N–H and O–H groups in total. The molecule has 0 unspecified atom stereocenters. The highest BCUT2D eigenvalue weighted by atomic mass is 35.5. The van der Waals surface area contributed by atoms with Crippen LogP contribution in [0, 0.1) is 0 Å². The number of carbonyl (C=O) groups is 3. The van der Waals surface area contributed by atoms with Crippen LogP contribution in [0.5, 0.6) is 0 Å². The highest BCUT2D eigenvalue weighted by molar-refractivity contribution is 6.35. The van der Waals surface area contributed by atoms with Gasteiger partial charge in [0.2, 0.25) is 5.91 Å². The Kier molecular flexibility index (Phi) is 4.32. The molecule has 1 fully saturated rings. The normalized spacial score (nSPS) is 15.3. The number of nitrogens with zero attached hydrogens (tertiary/aromatic N) is 2. The SMILES string of the molecule is CN1CCN(CC(=O)Nc2cc(Cl)ccc2N)C(=O)C1=O. The minimum atomic E-state index is -0.682. The number of nitrogens with two attached hydrogens (primary N) is 1. The fourth-order valence-electron chi connectivity index (χ4n) is 1.92. The van der Waals surface area contributed by atoms with E-state index in [9.17, 15) is 14.4 Å². The molecule has 1 aromatic carbocycles. The van der Waals surface area contributed by atoms with Gasteiger partial charge in [-0.05, 0) is 18.2 Å². The van der Waals surface area contributed by atoms with Crippen molar-refractivity contribution in [3.63, 3.8) is 0 Å². The molecule has 1 aliphatic rings. The van der Waals surface area contributed by atoms with Crippen molar-refractivity contribution in [2.24, 2.45) is 0 Å². The van der Waals surface area contributed by atoms with E-state index in [0.29, 0.717) is 29.5 Å². The van der Waals surface area contributed by atoms with Crippen LogP contribution in [0.2, 0.25) is 5.02 Å². The molecular formula is C13H15ClN4O3. The van der Waals surface area contributed by atoms with Crippen molar-refractivity contribution in [1.29, 1.82) is 0 Å². The quantitative estimate of drug-likeness (QED) is 0.614. The highest BCUT2D eigenvalue weighted by Crippen LogP contribution is 2.22. The van der Waals surface area contributed by atoms with Gasteiger partial charge in [0.15, 0.2) is 0 Å². The van der Waals surface area contributed by atoms with Crippen molar-refractivity contribution in [1.82, 2.24) is 9.80 Å². The first kappa shape index (κ1) is 15.1. The second-order valence-electron chi connectivity index (χ2n) is 4.73. The maximum absolute atomic E-state index is 11.9. The number of hydrogen-bond donors (Lipinski definition) is 2. The standard InChI is InChI=1S/C13H15ClN4O3/c1-17-4-5-18(13(21)12(17)20)7-11(19)16-10-6-8(14)2-3-9(10)15/h2-3,6H,4-5,7,15H2,1H3,(H,16,19). The average molecular weight is 311 g/mol. The molecule has 112 valence electrons. The van der Waals surface area contributed by atoms with Gasteiger partial charge in [0.25, 0.3) is 0 Å². The number of benzene rings is 1. The van der Waals surface area contributed by atoms with Crippen LogP contribution in [0.1, 0.15) is 0 Å². The fourth-order valence-corrected chi connectivity index (χ4v) is 2.10. The fraction of sp³-hybridized carbons (Fsp3) is 0.308. The van der Waals surface area contributed by atoms with Gasteiger partial charge in [0, 0.05) is 25.2 Å². The van der Waals surface area contributed by atoms with Crippen LogP contribution in [0.15, 0.2) is 18.2 Å². The molecule has 0 bridgehead atoms. The van der Waals surface area contributed by atoms with Crippen molar-refractivity contribution in [3.05, 3.63) is 23.2 Å². The molecule has 3 amide bonds. The second-order valence-corrected chi connectivity index (χ2v) is 5.17. The molecular weight excluding hydrogens is 296 g/mol. The maximum atomic E-state index is 11.9. The number of carbonyl (C=O) groups excluding carboxylic acids is 3. The number of nitrogens with one attached hydrogen (secondary N) is 1. The van der Waals surface area contributed by atoms with Gasteiger partial charge in [-0.2, -0.15) is 0 Å². The average Bonchev–Trinajstić information content (AvgIpc) is 2.43. The van der Waals surface area contributed by atoms with Crippen LogP contribution in [0.4, 0.5) is 11.4 Å². The van der Waals surface area contributed by atoms with E-state index in [1.165, 1.54) is 15.9 Å². The van der Waals surface area contributed by atoms with Crippen molar-refractivity contribution in [3.8, 4) is 0 Å². The first-order valence-corrected chi connectivity index (χ1v) is 6.65. The number of anilines is 2. The minimum absolute atomic E-state index is 0.204. The van der Waals surface area contributed by atoms with Crippen molar-refractivity contribution in [2.45, 2.75) is 0 Å². The third-order valence-electron chi connectivity index (χ3n) is 3.15. The van der Waals surface area contributed by atoms with Gasteiger partial charge in [-0.3, -0.25) is 14.4 Å². The molecule has 0 spiro atoms. The van der Waals surface area contributed by atoms with E-state index in [1.54, 1.807) is 19.2 Å².